The third kappa shape index (κ3) is 8.15. The Morgan fingerprint density at radius 3 is 2.46 bits per heavy atom. The van der Waals surface area contributed by atoms with Crippen LogP contribution >= 0.6 is 23.4 Å². The van der Waals surface area contributed by atoms with E-state index >= 15 is 0 Å². The van der Waals surface area contributed by atoms with Crippen LogP contribution in [0.25, 0.3) is 0 Å². The van der Waals surface area contributed by atoms with E-state index in [1.165, 1.54) is 5.56 Å². The predicted molar refractivity (Wildman–Crippen MR) is 110 cm³/mol. The van der Waals surface area contributed by atoms with Gasteiger partial charge in [0.15, 0.2) is 0 Å². The zero-order chi connectivity index (χ0) is 18.8. The molecular weight excluding hydrogens is 366 g/mol. The van der Waals surface area contributed by atoms with Crippen LogP contribution in [0.15, 0.2) is 53.4 Å². The quantitative estimate of drug-likeness (QED) is 0.437. The molecule has 0 saturated heterocycles. The van der Waals surface area contributed by atoms with Crippen LogP contribution in [-0.4, -0.2) is 24.3 Å². The lowest BCUT2D eigenvalue weighted by Crippen LogP contribution is -2.24. The number of halogens is 1. The van der Waals surface area contributed by atoms with Gasteiger partial charge in [-0.15, -0.1) is 11.8 Å². The summed E-state index contributed by atoms with van der Waals surface area (Å²) >= 11 is 7.53. The second kappa shape index (κ2) is 11.1. The van der Waals surface area contributed by atoms with Crippen LogP contribution in [0.5, 0.6) is 5.75 Å². The number of hydrogen-bond donors (Lipinski definition) is 1. The summed E-state index contributed by atoms with van der Waals surface area (Å²) in [4.78, 5) is 13.0. The van der Waals surface area contributed by atoms with Crippen molar-refractivity contribution in [3.63, 3.8) is 0 Å². The smallest absolute Gasteiger partial charge is 0.220 e. The number of rotatable bonds is 10. The molecule has 0 bridgehead atoms. The van der Waals surface area contributed by atoms with Crippen LogP contribution < -0.4 is 10.1 Å². The first-order chi connectivity index (χ1) is 12.5. The van der Waals surface area contributed by atoms with Crippen LogP contribution in [0.3, 0.4) is 0 Å². The number of hydrogen-bond acceptors (Lipinski definition) is 3. The van der Waals surface area contributed by atoms with Gasteiger partial charge in [-0.2, -0.15) is 0 Å². The molecule has 0 aliphatic rings. The van der Waals surface area contributed by atoms with Gasteiger partial charge in [-0.05, 0) is 68.7 Å². The summed E-state index contributed by atoms with van der Waals surface area (Å²) < 4.78 is 5.64. The summed E-state index contributed by atoms with van der Waals surface area (Å²) in [5.41, 5.74) is 1.26. The van der Waals surface area contributed by atoms with E-state index in [2.05, 4.69) is 17.4 Å². The molecule has 2 rings (SSSR count). The van der Waals surface area contributed by atoms with Crippen molar-refractivity contribution >= 4 is 29.3 Å². The standard InChI is InChI=1S/C21H26ClNO2S/c1-16(2)25-19-9-5-17(6-10-19)4-3-14-23-21(24)13-15-26-20-11-7-18(22)8-12-20/h5-12,16H,3-4,13-15H2,1-2H3,(H,23,24). The molecule has 0 spiro atoms. The fraction of sp³-hybridized carbons (Fsp3) is 0.381. The number of amides is 1. The number of thioether (sulfide) groups is 1. The topological polar surface area (TPSA) is 38.3 Å². The molecule has 0 saturated carbocycles. The van der Waals surface area contributed by atoms with Crippen LogP contribution in [0.2, 0.25) is 5.02 Å². The van der Waals surface area contributed by atoms with Gasteiger partial charge in [-0.25, -0.2) is 0 Å². The monoisotopic (exact) mass is 391 g/mol. The largest absolute Gasteiger partial charge is 0.491 e. The zero-order valence-corrected chi connectivity index (χ0v) is 16.9. The van der Waals surface area contributed by atoms with E-state index in [-0.39, 0.29) is 12.0 Å². The maximum Gasteiger partial charge on any atom is 0.220 e. The molecule has 3 nitrogen and oxygen atoms in total. The average Bonchev–Trinajstić information content (AvgIpc) is 2.61. The van der Waals surface area contributed by atoms with Crippen LogP contribution in [0.1, 0.15) is 32.3 Å². The van der Waals surface area contributed by atoms with Gasteiger partial charge in [0.1, 0.15) is 5.75 Å². The SMILES string of the molecule is CC(C)Oc1ccc(CCCNC(=O)CCSc2ccc(Cl)cc2)cc1. The molecule has 1 N–H and O–H groups in total. The molecule has 0 unspecified atom stereocenters. The summed E-state index contributed by atoms with van der Waals surface area (Å²) in [6, 6.07) is 15.9. The maximum absolute atomic E-state index is 11.9. The normalized spacial score (nSPS) is 10.8. The molecule has 2 aromatic rings. The van der Waals surface area contributed by atoms with Crippen molar-refractivity contribution in [1.82, 2.24) is 5.32 Å². The van der Waals surface area contributed by atoms with Gasteiger partial charge < -0.3 is 10.1 Å². The second-order valence-corrected chi connectivity index (χ2v) is 7.92. The minimum Gasteiger partial charge on any atom is -0.491 e. The van der Waals surface area contributed by atoms with E-state index in [0.29, 0.717) is 13.0 Å². The molecular formula is C21H26ClNO2S. The fourth-order valence-corrected chi connectivity index (χ4v) is 3.39. The Bertz CT molecular complexity index is 671. The molecule has 1 amide bonds. The fourth-order valence-electron chi connectivity index (χ4n) is 2.41. The Morgan fingerprint density at radius 2 is 1.81 bits per heavy atom. The number of carbonyl (C=O) groups is 1. The highest BCUT2D eigenvalue weighted by molar-refractivity contribution is 7.99. The summed E-state index contributed by atoms with van der Waals surface area (Å²) in [7, 11) is 0. The summed E-state index contributed by atoms with van der Waals surface area (Å²) in [6.45, 7) is 4.74. The van der Waals surface area contributed by atoms with Crippen molar-refractivity contribution in [2.75, 3.05) is 12.3 Å². The van der Waals surface area contributed by atoms with E-state index in [4.69, 9.17) is 16.3 Å². The van der Waals surface area contributed by atoms with Crippen LogP contribution in [0.4, 0.5) is 0 Å². The van der Waals surface area contributed by atoms with Crippen molar-refractivity contribution in [3.8, 4) is 5.75 Å². The molecule has 0 heterocycles. The lowest BCUT2D eigenvalue weighted by atomic mass is 10.1. The Kier molecular flexibility index (Phi) is 8.86. The van der Waals surface area contributed by atoms with Crippen molar-refractivity contribution in [2.24, 2.45) is 0 Å². The van der Waals surface area contributed by atoms with Gasteiger partial charge in [0.05, 0.1) is 6.10 Å². The minimum absolute atomic E-state index is 0.104. The highest BCUT2D eigenvalue weighted by atomic mass is 35.5. The Hall–Kier alpha value is -1.65. The van der Waals surface area contributed by atoms with Gasteiger partial charge in [0.2, 0.25) is 5.91 Å². The first-order valence-electron chi connectivity index (χ1n) is 8.93. The Labute approximate surface area is 165 Å². The Balaban J connectivity index is 1.57. The van der Waals surface area contributed by atoms with Gasteiger partial charge in [0.25, 0.3) is 0 Å². The van der Waals surface area contributed by atoms with Gasteiger partial charge in [-0.3, -0.25) is 4.79 Å². The van der Waals surface area contributed by atoms with Crippen molar-refractivity contribution in [3.05, 3.63) is 59.1 Å². The minimum atomic E-state index is 0.104. The molecule has 0 aliphatic carbocycles. The highest BCUT2D eigenvalue weighted by Gasteiger charge is 2.03. The van der Waals surface area contributed by atoms with E-state index in [9.17, 15) is 4.79 Å². The predicted octanol–water partition coefficient (Wildman–Crippen LogP) is 5.36. The second-order valence-electron chi connectivity index (χ2n) is 6.32. The molecule has 0 fully saturated rings. The molecule has 0 atom stereocenters. The third-order valence-corrected chi connectivity index (χ3v) is 4.94. The molecule has 0 aromatic heterocycles. The molecule has 26 heavy (non-hydrogen) atoms. The summed E-state index contributed by atoms with van der Waals surface area (Å²) in [5.74, 6) is 1.77. The van der Waals surface area contributed by atoms with Crippen molar-refractivity contribution in [2.45, 2.75) is 44.1 Å². The van der Waals surface area contributed by atoms with Crippen molar-refractivity contribution in [1.29, 1.82) is 0 Å². The lowest BCUT2D eigenvalue weighted by Gasteiger charge is -2.10. The lowest BCUT2D eigenvalue weighted by molar-refractivity contribution is -0.120. The maximum atomic E-state index is 11.9. The zero-order valence-electron chi connectivity index (χ0n) is 15.3. The number of ether oxygens (including phenoxy) is 1. The molecule has 2 aromatic carbocycles. The van der Waals surface area contributed by atoms with E-state index in [1.807, 2.05) is 50.2 Å². The number of benzene rings is 2. The van der Waals surface area contributed by atoms with Gasteiger partial charge in [0, 0.05) is 28.6 Å². The number of aryl methyl sites for hydroxylation is 1. The first-order valence-corrected chi connectivity index (χ1v) is 10.3. The first kappa shape index (κ1) is 20.7. The summed E-state index contributed by atoms with van der Waals surface area (Å²) in [5, 5.41) is 3.72. The number of carbonyl (C=O) groups excluding carboxylic acids is 1. The molecule has 0 aliphatic heterocycles. The molecule has 0 radical (unpaired) electrons. The van der Waals surface area contributed by atoms with Crippen LogP contribution in [-0.2, 0) is 11.2 Å². The highest BCUT2D eigenvalue weighted by Crippen LogP contribution is 2.20. The number of nitrogens with one attached hydrogen (secondary N) is 1. The molecule has 140 valence electrons. The summed E-state index contributed by atoms with van der Waals surface area (Å²) in [6.07, 6.45) is 2.59. The van der Waals surface area contributed by atoms with Crippen molar-refractivity contribution < 1.29 is 9.53 Å². The molecule has 5 heteroatoms. The average molecular weight is 392 g/mol. The van der Waals surface area contributed by atoms with Crippen LogP contribution in [0, 0.1) is 0 Å². The van der Waals surface area contributed by atoms with Gasteiger partial charge in [-0.1, -0.05) is 23.7 Å². The van der Waals surface area contributed by atoms with E-state index in [0.717, 1.165) is 34.3 Å². The third-order valence-electron chi connectivity index (χ3n) is 3.67. The van der Waals surface area contributed by atoms with E-state index in [1.54, 1.807) is 11.8 Å². The Morgan fingerprint density at radius 1 is 1.12 bits per heavy atom. The van der Waals surface area contributed by atoms with Gasteiger partial charge >= 0.3 is 0 Å². The van der Waals surface area contributed by atoms with E-state index < -0.39 is 0 Å².